The molecule has 150 valence electrons. The maximum atomic E-state index is 12.6. The van der Waals surface area contributed by atoms with Crippen molar-refractivity contribution >= 4 is 46.4 Å². The van der Waals surface area contributed by atoms with Crippen LogP contribution in [0.3, 0.4) is 0 Å². The second kappa shape index (κ2) is 8.55. The van der Waals surface area contributed by atoms with Gasteiger partial charge in [-0.2, -0.15) is 0 Å². The second-order valence-corrected chi connectivity index (χ2v) is 6.88. The summed E-state index contributed by atoms with van der Waals surface area (Å²) < 4.78 is 0. The molecule has 2 aromatic carbocycles. The SMILES string of the molecule is CC(=O)Nc1ccc(NC(=O)[C@H]2CC(=O)N(c3cccc(NC(C)=O)c3)C2)cc1. The predicted molar refractivity (Wildman–Crippen MR) is 111 cm³/mol. The van der Waals surface area contributed by atoms with Crippen molar-refractivity contribution in [1.82, 2.24) is 0 Å². The van der Waals surface area contributed by atoms with Gasteiger partial charge in [-0.05, 0) is 42.5 Å². The Morgan fingerprint density at radius 1 is 0.862 bits per heavy atom. The Bertz CT molecular complexity index is 955. The number of benzene rings is 2. The molecule has 1 aliphatic heterocycles. The van der Waals surface area contributed by atoms with Gasteiger partial charge in [0.2, 0.25) is 23.6 Å². The molecular formula is C21H22N4O4. The van der Waals surface area contributed by atoms with Crippen molar-refractivity contribution in [3.63, 3.8) is 0 Å². The van der Waals surface area contributed by atoms with Gasteiger partial charge in [0, 0.05) is 49.6 Å². The van der Waals surface area contributed by atoms with Crippen LogP contribution in [0.2, 0.25) is 0 Å². The van der Waals surface area contributed by atoms with Crippen molar-refractivity contribution in [1.29, 1.82) is 0 Å². The molecule has 0 aliphatic carbocycles. The van der Waals surface area contributed by atoms with E-state index in [-0.39, 0.29) is 36.6 Å². The molecule has 0 saturated carbocycles. The summed E-state index contributed by atoms with van der Waals surface area (Å²) >= 11 is 0. The van der Waals surface area contributed by atoms with Crippen molar-refractivity contribution in [2.75, 3.05) is 27.4 Å². The lowest BCUT2D eigenvalue weighted by atomic mass is 10.1. The first-order valence-corrected chi connectivity index (χ1v) is 9.18. The molecular weight excluding hydrogens is 372 g/mol. The highest BCUT2D eigenvalue weighted by molar-refractivity contribution is 6.04. The molecule has 1 heterocycles. The first-order chi connectivity index (χ1) is 13.8. The van der Waals surface area contributed by atoms with Crippen molar-refractivity contribution in [2.24, 2.45) is 5.92 Å². The van der Waals surface area contributed by atoms with E-state index in [1.54, 1.807) is 53.4 Å². The molecule has 4 amide bonds. The van der Waals surface area contributed by atoms with E-state index in [1.807, 2.05) is 0 Å². The monoisotopic (exact) mass is 394 g/mol. The molecule has 29 heavy (non-hydrogen) atoms. The number of amides is 4. The summed E-state index contributed by atoms with van der Waals surface area (Å²) in [5, 5.41) is 8.15. The minimum absolute atomic E-state index is 0.111. The van der Waals surface area contributed by atoms with Gasteiger partial charge in [0.25, 0.3) is 0 Å². The van der Waals surface area contributed by atoms with Crippen LogP contribution < -0.4 is 20.9 Å². The van der Waals surface area contributed by atoms with Crippen LogP contribution in [0.5, 0.6) is 0 Å². The molecule has 0 aromatic heterocycles. The summed E-state index contributed by atoms with van der Waals surface area (Å²) in [7, 11) is 0. The Balaban J connectivity index is 1.64. The van der Waals surface area contributed by atoms with Gasteiger partial charge in [-0.25, -0.2) is 0 Å². The minimum Gasteiger partial charge on any atom is -0.326 e. The van der Waals surface area contributed by atoms with Gasteiger partial charge in [0.15, 0.2) is 0 Å². The van der Waals surface area contributed by atoms with Gasteiger partial charge in [0.05, 0.1) is 5.92 Å². The Labute approximate surface area is 168 Å². The van der Waals surface area contributed by atoms with Crippen molar-refractivity contribution in [2.45, 2.75) is 20.3 Å². The first kappa shape index (κ1) is 20.1. The molecule has 0 bridgehead atoms. The highest BCUT2D eigenvalue weighted by Gasteiger charge is 2.35. The highest BCUT2D eigenvalue weighted by Crippen LogP contribution is 2.28. The lowest BCUT2D eigenvalue weighted by Crippen LogP contribution is -2.28. The minimum atomic E-state index is -0.484. The zero-order valence-corrected chi connectivity index (χ0v) is 16.2. The van der Waals surface area contributed by atoms with Crippen LogP contribution in [0.25, 0.3) is 0 Å². The van der Waals surface area contributed by atoms with Gasteiger partial charge in [0.1, 0.15) is 0 Å². The molecule has 0 unspecified atom stereocenters. The van der Waals surface area contributed by atoms with Crippen LogP contribution in [0.4, 0.5) is 22.7 Å². The van der Waals surface area contributed by atoms with Gasteiger partial charge >= 0.3 is 0 Å². The smallest absolute Gasteiger partial charge is 0.229 e. The quantitative estimate of drug-likeness (QED) is 0.724. The van der Waals surface area contributed by atoms with Crippen LogP contribution >= 0.6 is 0 Å². The van der Waals surface area contributed by atoms with E-state index in [1.165, 1.54) is 13.8 Å². The van der Waals surface area contributed by atoms with E-state index in [4.69, 9.17) is 0 Å². The zero-order chi connectivity index (χ0) is 21.0. The molecule has 1 saturated heterocycles. The number of nitrogens with one attached hydrogen (secondary N) is 3. The van der Waals surface area contributed by atoms with E-state index < -0.39 is 5.92 Å². The maximum Gasteiger partial charge on any atom is 0.229 e. The summed E-state index contributed by atoms with van der Waals surface area (Å²) in [5.74, 6) is -1.25. The molecule has 2 aromatic rings. The Morgan fingerprint density at radius 2 is 1.45 bits per heavy atom. The van der Waals surface area contributed by atoms with Gasteiger partial charge < -0.3 is 20.9 Å². The third kappa shape index (κ3) is 5.19. The molecule has 3 rings (SSSR count). The normalized spacial score (nSPS) is 15.7. The van der Waals surface area contributed by atoms with Gasteiger partial charge in [-0.15, -0.1) is 0 Å². The molecule has 1 fully saturated rings. The molecule has 1 atom stereocenters. The largest absolute Gasteiger partial charge is 0.326 e. The molecule has 8 nitrogen and oxygen atoms in total. The summed E-state index contributed by atoms with van der Waals surface area (Å²) in [6.07, 6.45) is 0.111. The van der Waals surface area contributed by atoms with Gasteiger partial charge in [-0.3, -0.25) is 19.2 Å². The van der Waals surface area contributed by atoms with E-state index >= 15 is 0 Å². The van der Waals surface area contributed by atoms with E-state index in [9.17, 15) is 19.2 Å². The van der Waals surface area contributed by atoms with E-state index in [0.717, 1.165) is 0 Å². The number of rotatable bonds is 5. The fourth-order valence-corrected chi connectivity index (χ4v) is 3.17. The first-order valence-electron chi connectivity index (χ1n) is 9.18. The van der Waals surface area contributed by atoms with Crippen LogP contribution in [-0.4, -0.2) is 30.2 Å². The van der Waals surface area contributed by atoms with Crippen LogP contribution in [0.1, 0.15) is 20.3 Å². The average molecular weight is 394 g/mol. The second-order valence-electron chi connectivity index (χ2n) is 6.88. The average Bonchev–Trinajstić information content (AvgIpc) is 3.04. The zero-order valence-electron chi connectivity index (χ0n) is 16.2. The van der Waals surface area contributed by atoms with Gasteiger partial charge in [-0.1, -0.05) is 6.07 Å². The number of nitrogens with zero attached hydrogens (tertiary/aromatic N) is 1. The highest BCUT2D eigenvalue weighted by atomic mass is 16.2. The number of carbonyl (C=O) groups excluding carboxylic acids is 4. The van der Waals surface area contributed by atoms with Crippen LogP contribution in [-0.2, 0) is 19.2 Å². The standard InChI is InChI=1S/C21H22N4O4/c1-13(26)22-16-6-8-17(9-7-16)24-21(29)15-10-20(28)25(12-15)19-5-3-4-18(11-19)23-14(2)27/h3-9,11,15H,10,12H2,1-2H3,(H,22,26)(H,23,27)(H,24,29)/t15-/m0/s1. The summed E-state index contributed by atoms with van der Waals surface area (Å²) in [4.78, 5) is 48.9. The Morgan fingerprint density at radius 3 is 2.07 bits per heavy atom. The molecule has 0 radical (unpaired) electrons. The summed E-state index contributed by atoms with van der Waals surface area (Å²) in [5.41, 5.74) is 2.45. The fourth-order valence-electron chi connectivity index (χ4n) is 3.17. The van der Waals surface area contributed by atoms with Crippen molar-refractivity contribution in [3.8, 4) is 0 Å². The van der Waals surface area contributed by atoms with Crippen LogP contribution in [0.15, 0.2) is 48.5 Å². The maximum absolute atomic E-state index is 12.6. The number of hydrogen-bond donors (Lipinski definition) is 3. The van der Waals surface area contributed by atoms with Crippen LogP contribution in [0, 0.1) is 5.92 Å². The number of hydrogen-bond acceptors (Lipinski definition) is 4. The molecule has 8 heteroatoms. The van der Waals surface area contributed by atoms with Crippen molar-refractivity contribution in [3.05, 3.63) is 48.5 Å². The number of anilines is 4. The van der Waals surface area contributed by atoms with E-state index in [2.05, 4.69) is 16.0 Å². The summed E-state index contributed by atoms with van der Waals surface area (Å²) in [6.45, 7) is 3.10. The Hall–Kier alpha value is -3.68. The lowest BCUT2D eigenvalue weighted by molar-refractivity contribution is -0.122. The Kier molecular flexibility index (Phi) is 5.92. The molecule has 3 N–H and O–H groups in total. The van der Waals surface area contributed by atoms with Crippen molar-refractivity contribution < 1.29 is 19.2 Å². The molecule has 0 spiro atoms. The molecule has 1 aliphatic rings. The number of carbonyl (C=O) groups is 4. The fraction of sp³-hybridized carbons (Fsp3) is 0.238. The topological polar surface area (TPSA) is 108 Å². The third-order valence-electron chi connectivity index (χ3n) is 4.45. The summed E-state index contributed by atoms with van der Waals surface area (Å²) in [6, 6.07) is 13.7. The third-order valence-corrected chi connectivity index (χ3v) is 4.45. The van der Waals surface area contributed by atoms with E-state index in [0.29, 0.717) is 22.7 Å². The predicted octanol–water partition coefficient (Wildman–Crippen LogP) is 2.60. The lowest BCUT2D eigenvalue weighted by Gasteiger charge is -2.18.